The summed E-state index contributed by atoms with van der Waals surface area (Å²) in [5.74, 6) is 3.04. The minimum absolute atomic E-state index is 0.154. The lowest BCUT2D eigenvalue weighted by atomic mass is 10.4. The molecule has 2 aromatic heterocycles. The fourth-order valence-corrected chi connectivity index (χ4v) is 1.25. The van der Waals surface area contributed by atoms with Crippen molar-refractivity contribution in [2.75, 3.05) is 11.9 Å². The summed E-state index contributed by atoms with van der Waals surface area (Å²) in [7, 11) is 0. The average molecular weight is 208 g/mol. The summed E-state index contributed by atoms with van der Waals surface area (Å²) in [5, 5.41) is 10.4. The lowest BCUT2D eigenvalue weighted by molar-refractivity contribution is 1.09. The first-order valence-electron chi connectivity index (χ1n) is 3.85. The monoisotopic (exact) mass is 207 g/mol. The van der Waals surface area contributed by atoms with E-state index in [1.165, 1.54) is 0 Å². The molecule has 14 heavy (non-hydrogen) atoms. The van der Waals surface area contributed by atoms with Gasteiger partial charge in [0.05, 0.1) is 18.1 Å². The molecule has 0 fully saturated rings. The van der Waals surface area contributed by atoms with Crippen LogP contribution in [0.3, 0.4) is 0 Å². The van der Waals surface area contributed by atoms with Gasteiger partial charge in [0.1, 0.15) is 5.82 Å². The summed E-state index contributed by atoms with van der Waals surface area (Å²) in [6.07, 6.45) is 6.74. The zero-order chi connectivity index (χ0) is 9.97. The van der Waals surface area contributed by atoms with Crippen molar-refractivity contribution in [1.82, 2.24) is 20.2 Å². The van der Waals surface area contributed by atoms with Gasteiger partial charge in [-0.3, -0.25) is 5.10 Å². The molecule has 6 heteroatoms. The maximum atomic E-state index is 5.70. The third-order valence-electron chi connectivity index (χ3n) is 1.64. The highest BCUT2D eigenvalue weighted by atomic mass is 35.5. The Bertz CT molecular complexity index is 498. The summed E-state index contributed by atoms with van der Waals surface area (Å²) in [6.45, 7) is 0.383. The fourth-order valence-electron chi connectivity index (χ4n) is 1.08. The molecule has 70 valence electrons. The lowest BCUT2D eigenvalue weighted by Gasteiger charge is -2.01. The second kappa shape index (κ2) is 3.52. The van der Waals surface area contributed by atoms with Crippen LogP contribution >= 0.6 is 11.6 Å². The Morgan fingerprint density at radius 2 is 2.43 bits per heavy atom. The molecule has 2 heterocycles. The van der Waals surface area contributed by atoms with Gasteiger partial charge in [0.2, 0.25) is 5.28 Å². The smallest absolute Gasteiger partial charge is 0.226 e. The van der Waals surface area contributed by atoms with Crippen molar-refractivity contribution in [3.05, 3.63) is 11.5 Å². The number of nitrogens with zero attached hydrogens (tertiary/aromatic N) is 3. The number of aromatic amines is 1. The summed E-state index contributed by atoms with van der Waals surface area (Å²) >= 11 is 5.70. The van der Waals surface area contributed by atoms with E-state index in [9.17, 15) is 0 Å². The first-order valence-corrected chi connectivity index (χ1v) is 4.23. The molecule has 2 N–H and O–H groups in total. The summed E-state index contributed by atoms with van der Waals surface area (Å²) in [6, 6.07) is 0. The molecule has 0 aliphatic carbocycles. The Hall–Kier alpha value is -1.80. The first-order chi connectivity index (χ1) is 6.81. The Morgan fingerprint density at radius 1 is 1.57 bits per heavy atom. The zero-order valence-corrected chi connectivity index (χ0v) is 7.84. The van der Waals surface area contributed by atoms with Gasteiger partial charge in [0, 0.05) is 0 Å². The van der Waals surface area contributed by atoms with Crippen LogP contribution in [0.2, 0.25) is 5.28 Å². The highest BCUT2D eigenvalue weighted by molar-refractivity contribution is 6.28. The zero-order valence-electron chi connectivity index (χ0n) is 7.08. The molecule has 0 amide bonds. The van der Waals surface area contributed by atoms with Gasteiger partial charge in [0.25, 0.3) is 0 Å². The Morgan fingerprint density at radius 3 is 3.21 bits per heavy atom. The van der Waals surface area contributed by atoms with Crippen molar-refractivity contribution in [1.29, 1.82) is 0 Å². The molecule has 0 saturated heterocycles. The van der Waals surface area contributed by atoms with Crippen molar-refractivity contribution in [3.63, 3.8) is 0 Å². The van der Waals surface area contributed by atoms with Crippen molar-refractivity contribution in [2.45, 2.75) is 0 Å². The molecular formula is C8H6ClN5. The number of anilines is 1. The van der Waals surface area contributed by atoms with E-state index in [2.05, 4.69) is 31.4 Å². The Balaban J connectivity index is 2.51. The number of hydrogen-bond acceptors (Lipinski definition) is 4. The molecule has 0 unspecified atom stereocenters. The van der Waals surface area contributed by atoms with Gasteiger partial charge in [0.15, 0.2) is 5.65 Å². The van der Waals surface area contributed by atoms with Crippen LogP contribution in [-0.2, 0) is 0 Å². The molecule has 0 aromatic carbocycles. The highest BCUT2D eigenvalue weighted by Crippen LogP contribution is 2.19. The van der Waals surface area contributed by atoms with E-state index in [0.29, 0.717) is 18.0 Å². The third kappa shape index (κ3) is 1.47. The van der Waals surface area contributed by atoms with Gasteiger partial charge < -0.3 is 5.32 Å². The molecular weight excluding hydrogens is 202 g/mol. The van der Waals surface area contributed by atoms with Crippen LogP contribution in [0.5, 0.6) is 0 Å². The molecule has 0 aliphatic heterocycles. The van der Waals surface area contributed by atoms with Crippen LogP contribution in [0.1, 0.15) is 0 Å². The standard InChI is InChI=1S/C8H6ClN5/c1-2-3-10-6-5-4-11-14-7(5)13-8(9)12-6/h1,4H,3H2,(H2,10,11,12,13,14). The number of nitrogens with one attached hydrogen (secondary N) is 2. The van der Waals surface area contributed by atoms with Crippen molar-refractivity contribution >= 4 is 28.5 Å². The molecule has 0 bridgehead atoms. The van der Waals surface area contributed by atoms with E-state index in [1.54, 1.807) is 6.20 Å². The number of aromatic nitrogens is 4. The Kier molecular flexibility index (Phi) is 2.21. The lowest BCUT2D eigenvalue weighted by Crippen LogP contribution is -2.02. The first kappa shape index (κ1) is 8.78. The fraction of sp³-hybridized carbons (Fsp3) is 0.125. The SMILES string of the molecule is C#CCNc1nc(Cl)nc2[nH]ncc12. The van der Waals surface area contributed by atoms with Crippen LogP contribution in [0.15, 0.2) is 6.20 Å². The number of rotatable bonds is 2. The van der Waals surface area contributed by atoms with Crippen LogP contribution in [0, 0.1) is 12.3 Å². The Labute approximate surface area is 84.9 Å². The second-order valence-corrected chi connectivity index (χ2v) is 2.87. The summed E-state index contributed by atoms with van der Waals surface area (Å²) < 4.78 is 0. The highest BCUT2D eigenvalue weighted by Gasteiger charge is 2.06. The van der Waals surface area contributed by atoms with Crippen LogP contribution in [0.25, 0.3) is 11.0 Å². The molecule has 0 aliphatic rings. The van der Waals surface area contributed by atoms with E-state index in [0.717, 1.165) is 5.39 Å². The number of H-pyrrole nitrogens is 1. The maximum absolute atomic E-state index is 5.70. The van der Waals surface area contributed by atoms with Crippen LogP contribution in [0.4, 0.5) is 5.82 Å². The maximum Gasteiger partial charge on any atom is 0.226 e. The van der Waals surface area contributed by atoms with E-state index >= 15 is 0 Å². The third-order valence-corrected chi connectivity index (χ3v) is 1.81. The largest absolute Gasteiger partial charge is 0.358 e. The van der Waals surface area contributed by atoms with Gasteiger partial charge in [-0.2, -0.15) is 15.1 Å². The van der Waals surface area contributed by atoms with E-state index in [-0.39, 0.29) is 5.28 Å². The molecule has 0 atom stereocenters. The average Bonchev–Trinajstić information content (AvgIpc) is 2.61. The minimum atomic E-state index is 0.154. The topological polar surface area (TPSA) is 66.5 Å². The minimum Gasteiger partial charge on any atom is -0.358 e. The van der Waals surface area contributed by atoms with Gasteiger partial charge in [-0.1, -0.05) is 5.92 Å². The van der Waals surface area contributed by atoms with Gasteiger partial charge in [-0.25, -0.2) is 0 Å². The quantitative estimate of drug-likeness (QED) is 0.571. The molecule has 5 nitrogen and oxygen atoms in total. The number of hydrogen-bond donors (Lipinski definition) is 2. The molecule has 2 aromatic rings. The van der Waals surface area contributed by atoms with E-state index in [1.807, 2.05) is 0 Å². The van der Waals surface area contributed by atoms with Crippen LogP contribution in [-0.4, -0.2) is 26.7 Å². The number of terminal acetylenes is 1. The summed E-state index contributed by atoms with van der Waals surface area (Å²) in [4.78, 5) is 7.95. The number of halogens is 1. The van der Waals surface area contributed by atoms with Gasteiger partial charge >= 0.3 is 0 Å². The molecule has 0 spiro atoms. The van der Waals surface area contributed by atoms with Crippen LogP contribution < -0.4 is 5.32 Å². The van der Waals surface area contributed by atoms with Crippen molar-refractivity contribution < 1.29 is 0 Å². The van der Waals surface area contributed by atoms with Crippen molar-refractivity contribution in [3.8, 4) is 12.3 Å². The van der Waals surface area contributed by atoms with E-state index in [4.69, 9.17) is 18.0 Å². The molecule has 0 saturated carbocycles. The van der Waals surface area contributed by atoms with Gasteiger partial charge in [-0.05, 0) is 11.6 Å². The summed E-state index contributed by atoms with van der Waals surface area (Å²) in [5.41, 5.74) is 0.588. The number of fused-ring (bicyclic) bond motifs is 1. The molecule has 2 rings (SSSR count). The van der Waals surface area contributed by atoms with Crippen molar-refractivity contribution in [2.24, 2.45) is 0 Å². The predicted octanol–water partition coefficient (Wildman–Crippen LogP) is 1.05. The molecule has 0 radical (unpaired) electrons. The second-order valence-electron chi connectivity index (χ2n) is 2.53. The normalized spacial score (nSPS) is 10.0. The van der Waals surface area contributed by atoms with Gasteiger partial charge in [-0.15, -0.1) is 6.42 Å². The predicted molar refractivity (Wildman–Crippen MR) is 54.0 cm³/mol. The van der Waals surface area contributed by atoms with E-state index < -0.39 is 0 Å².